The summed E-state index contributed by atoms with van der Waals surface area (Å²) >= 11 is 13.2. The number of hydrogen-bond acceptors (Lipinski definition) is 9. The van der Waals surface area contributed by atoms with Gasteiger partial charge in [0.15, 0.2) is 0 Å². The Kier molecular flexibility index (Phi) is 11.5. The summed E-state index contributed by atoms with van der Waals surface area (Å²) in [5.41, 5.74) is 0. The van der Waals surface area contributed by atoms with E-state index in [2.05, 4.69) is 95.6 Å². The first-order valence-electron chi connectivity index (χ1n) is 9.17. The summed E-state index contributed by atoms with van der Waals surface area (Å²) in [6, 6.07) is 12.4. The topological polar surface area (TPSA) is 130 Å². The van der Waals surface area contributed by atoms with Gasteiger partial charge in [0.25, 0.3) is 0 Å². The Morgan fingerprint density at radius 2 is 0.703 bits per heavy atom. The monoisotopic (exact) mass is 1050 g/mol. The molecule has 0 saturated heterocycles. The molecule has 0 aliphatic carbocycles. The van der Waals surface area contributed by atoms with E-state index in [9.17, 15) is 25.3 Å². The van der Waals surface area contributed by atoms with Gasteiger partial charge in [0.2, 0.25) is 0 Å². The summed E-state index contributed by atoms with van der Waals surface area (Å²) in [6.45, 7) is 0. The van der Waals surface area contributed by atoms with Gasteiger partial charge >= 0.3 is 277 Å². The van der Waals surface area contributed by atoms with Gasteiger partial charge in [-0.15, -0.1) is 0 Å². The molecule has 0 bridgehead atoms. The molecule has 0 atom stereocenters. The fourth-order valence-corrected chi connectivity index (χ4v) is 20.1. The van der Waals surface area contributed by atoms with Crippen molar-refractivity contribution in [1.29, 1.82) is 0 Å². The molecule has 0 N–H and O–H groups in total. The van der Waals surface area contributed by atoms with E-state index >= 15 is 0 Å². The van der Waals surface area contributed by atoms with Crippen LogP contribution < -0.4 is 0 Å². The van der Waals surface area contributed by atoms with Crippen LogP contribution in [0.3, 0.4) is 0 Å². The molecule has 0 spiro atoms. The molecule has 0 saturated carbocycles. The molecule has 3 aromatic carbocycles. The van der Waals surface area contributed by atoms with Crippen molar-refractivity contribution in [3.8, 4) is 0 Å². The second kappa shape index (κ2) is 13.0. The van der Waals surface area contributed by atoms with Gasteiger partial charge in [-0.25, -0.2) is 0 Å². The molecule has 0 aliphatic rings. The third kappa shape index (κ3) is 8.57. The maximum absolute atomic E-state index is 13.1. The van der Waals surface area contributed by atoms with Crippen LogP contribution in [-0.2, 0) is 37.3 Å². The molecule has 0 fully saturated rings. The van der Waals surface area contributed by atoms with Crippen molar-refractivity contribution in [3.63, 3.8) is 0 Å². The van der Waals surface area contributed by atoms with E-state index in [0.717, 1.165) is 0 Å². The Morgan fingerprint density at radius 3 is 0.946 bits per heavy atom. The third-order valence-electron chi connectivity index (χ3n) is 4.10. The molecule has 37 heavy (non-hydrogen) atoms. The van der Waals surface area contributed by atoms with E-state index in [4.69, 9.17) is 6.90 Å². The molecule has 0 unspecified atom stereocenters. The molecule has 3 rings (SSSR count). The zero-order valence-electron chi connectivity index (χ0n) is 17.4. The molecular formula is C18H9Br6InO9S3. The summed E-state index contributed by atoms with van der Waals surface area (Å²) in [4.78, 5) is -1.21. The first-order chi connectivity index (χ1) is 17.0. The van der Waals surface area contributed by atoms with E-state index in [1.54, 1.807) is 18.2 Å². The predicted molar refractivity (Wildman–Crippen MR) is 156 cm³/mol. The Hall–Kier alpha value is 1.14. The normalized spacial score (nSPS) is 12.5. The van der Waals surface area contributed by atoms with Gasteiger partial charge in [-0.3, -0.25) is 0 Å². The van der Waals surface area contributed by atoms with Gasteiger partial charge in [0.1, 0.15) is 0 Å². The Labute approximate surface area is 273 Å². The van der Waals surface area contributed by atoms with Crippen molar-refractivity contribution in [1.82, 2.24) is 0 Å². The Balaban J connectivity index is 2.09. The van der Waals surface area contributed by atoms with Crippen molar-refractivity contribution in [2.45, 2.75) is 14.7 Å². The van der Waals surface area contributed by atoms with E-state index in [0.29, 0.717) is 13.4 Å². The average Bonchev–Trinajstić information content (AvgIpc) is 2.77. The van der Waals surface area contributed by atoms with Gasteiger partial charge < -0.3 is 0 Å². The van der Waals surface area contributed by atoms with Crippen molar-refractivity contribution in [2.75, 3.05) is 0 Å². The van der Waals surface area contributed by atoms with Crippen molar-refractivity contribution in [3.05, 3.63) is 81.4 Å². The quantitative estimate of drug-likeness (QED) is 0.228. The third-order valence-corrected chi connectivity index (χ3v) is 22.9. The van der Waals surface area contributed by atoms with Crippen LogP contribution in [0.25, 0.3) is 0 Å². The fourth-order valence-electron chi connectivity index (χ4n) is 2.52. The number of rotatable bonds is 9. The number of benzene rings is 3. The summed E-state index contributed by atoms with van der Waals surface area (Å²) in [5, 5.41) is 0. The Morgan fingerprint density at radius 1 is 0.459 bits per heavy atom. The van der Waals surface area contributed by atoms with Gasteiger partial charge in [-0.2, -0.15) is 0 Å². The molecular weight excluding hydrogens is 1050 g/mol. The van der Waals surface area contributed by atoms with Crippen LogP contribution in [0.4, 0.5) is 0 Å². The van der Waals surface area contributed by atoms with Crippen LogP contribution in [0.5, 0.6) is 0 Å². The van der Waals surface area contributed by atoms with Crippen LogP contribution in [0.15, 0.2) is 96.1 Å². The van der Waals surface area contributed by atoms with Crippen LogP contribution >= 0.6 is 95.6 Å². The van der Waals surface area contributed by atoms with Crippen molar-refractivity contribution in [2.24, 2.45) is 0 Å². The zero-order chi connectivity index (χ0) is 27.8. The molecule has 198 valence electrons. The summed E-state index contributed by atoms with van der Waals surface area (Å²) in [7, 11) is -14.3. The minimum absolute atomic E-state index is 0.0796. The molecule has 0 heterocycles. The fraction of sp³-hybridized carbons (Fsp3) is 0. The molecule has 3 aromatic rings. The second-order valence-corrected chi connectivity index (χ2v) is 23.2. The second-order valence-electron chi connectivity index (χ2n) is 6.66. The van der Waals surface area contributed by atoms with E-state index in [-0.39, 0.29) is 13.4 Å². The van der Waals surface area contributed by atoms with E-state index in [1.807, 2.05) is 0 Å². The van der Waals surface area contributed by atoms with Gasteiger partial charge in [-0.1, -0.05) is 0 Å². The summed E-state index contributed by atoms with van der Waals surface area (Å²) in [6.07, 6.45) is 0. The summed E-state index contributed by atoms with van der Waals surface area (Å²) < 4.78 is 95.2. The van der Waals surface area contributed by atoms with Gasteiger partial charge in [-0.05, 0) is 0 Å². The molecule has 0 aliphatic heterocycles. The van der Waals surface area contributed by atoms with Gasteiger partial charge in [0, 0.05) is 0 Å². The van der Waals surface area contributed by atoms with Crippen LogP contribution in [0.2, 0.25) is 0 Å². The predicted octanol–water partition coefficient (Wildman–Crippen LogP) is 6.76. The molecule has 19 heteroatoms. The zero-order valence-corrected chi connectivity index (χ0v) is 32.7. The first kappa shape index (κ1) is 32.7. The summed E-state index contributed by atoms with van der Waals surface area (Å²) in [5.74, 6) is 0. The van der Waals surface area contributed by atoms with Crippen molar-refractivity contribution >= 4 is 149 Å². The first-order valence-corrected chi connectivity index (χ1v) is 22.2. The van der Waals surface area contributed by atoms with Crippen LogP contribution in [-0.4, -0.2) is 48.0 Å². The SMILES string of the molecule is O=S(=O)([O][In]([O]S(=O)(=O)c1cc(Br)ccc1Br)[O]S(=O)(=O)c1cc(Br)ccc1Br)c1cc(Br)ccc1Br. The van der Waals surface area contributed by atoms with Crippen LogP contribution in [0, 0.1) is 0 Å². The van der Waals surface area contributed by atoms with E-state index < -0.39 is 67.8 Å². The minimum atomic E-state index is -5.53. The molecule has 0 amide bonds. The number of halogens is 6. The number of hydrogen-bond donors (Lipinski definition) is 0. The molecule has 9 nitrogen and oxygen atoms in total. The standard InChI is InChI=1S/3C6H4Br2O3S.In/c3*7-4-1-2-5(8)6(3-4)12(9,10)11;/h3*1-3H,(H,9,10,11);/q;;;+3/p-3. The molecule has 0 radical (unpaired) electrons. The Bertz CT molecular complexity index is 1480. The average molecular weight is 1060 g/mol. The maximum atomic E-state index is 13.1. The van der Waals surface area contributed by atoms with Crippen LogP contribution in [0.1, 0.15) is 0 Å². The van der Waals surface area contributed by atoms with Crippen molar-refractivity contribution < 1.29 is 32.2 Å². The van der Waals surface area contributed by atoms with E-state index in [1.165, 1.54) is 36.4 Å². The van der Waals surface area contributed by atoms with Gasteiger partial charge in [0.05, 0.1) is 0 Å². The molecule has 0 aromatic heterocycles.